The van der Waals surface area contributed by atoms with Gasteiger partial charge in [-0.15, -0.1) is 0 Å². The SMILES string of the molecule is C[C@H]1CN([C@@H](C)CO)C(=O)c2cccc(NC(=O)Nc3ccccc3)c2O[C@@H]1CN(C)S(=O)(=O)c1ccc(F)cc1. The number of amides is 3. The molecule has 1 aliphatic heterocycles. The number of carbonyl (C=O) groups excluding carboxylic acids is 2. The second-order valence-corrected chi connectivity index (χ2v) is 12.0. The highest BCUT2D eigenvalue weighted by molar-refractivity contribution is 7.89. The van der Waals surface area contributed by atoms with E-state index in [1.54, 1.807) is 49.4 Å². The number of fused-ring (bicyclic) bond motifs is 1. The van der Waals surface area contributed by atoms with Crippen LogP contribution in [-0.2, 0) is 10.0 Å². The first-order chi connectivity index (χ1) is 19.5. The highest BCUT2D eigenvalue weighted by Crippen LogP contribution is 2.35. The van der Waals surface area contributed by atoms with Crippen LogP contribution in [-0.4, -0.2) is 73.6 Å². The zero-order chi connectivity index (χ0) is 29.7. The minimum absolute atomic E-state index is 0.0778. The van der Waals surface area contributed by atoms with E-state index >= 15 is 0 Å². The predicted molar refractivity (Wildman–Crippen MR) is 153 cm³/mol. The Bertz CT molecular complexity index is 1490. The molecule has 41 heavy (non-hydrogen) atoms. The number of likely N-dealkylation sites (N-methyl/N-ethyl adjacent to an activating group) is 1. The van der Waals surface area contributed by atoms with Crippen LogP contribution in [0.15, 0.2) is 77.7 Å². The predicted octanol–water partition coefficient (Wildman–Crippen LogP) is 4.01. The summed E-state index contributed by atoms with van der Waals surface area (Å²) in [6.07, 6.45) is -0.768. The van der Waals surface area contributed by atoms with Gasteiger partial charge in [-0.3, -0.25) is 4.79 Å². The molecule has 3 N–H and O–H groups in total. The third-order valence-corrected chi connectivity index (χ3v) is 8.77. The summed E-state index contributed by atoms with van der Waals surface area (Å²) in [6, 6.07) is 17.0. The van der Waals surface area contributed by atoms with Gasteiger partial charge in [0.15, 0.2) is 5.75 Å². The maximum absolute atomic E-state index is 13.6. The van der Waals surface area contributed by atoms with Gasteiger partial charge in [0.2, 0.25) is 10.0 Å². The molecule has 3 atom stereocenters. The van der Waals surface area contributed by atoms with Crippen molar-refractivity contribution < 1.29 is 32.2 Å². The number of carbonyl (C=O) groups is 2. The first-order valence-corrected chi connectivity index (χ1v) is 14.5. The zero-order valence-corrected chi connectivity index (χ0v) is 23.8. The van der Waals surface area contributed by atoms with E-state index in [4.69, 9.17) is 4.74 Å². The Labute approximate surface area is 238 Å². The van der Waals surface area contributed by atoms with Crippen LogP contribution >= 0.6 is 0 Å². The lowest BCUT2D eigenvalue weighted by Gasteiger charge is -2.38. The van der Waals surface area contributed by atoms with Crippen molar-refractivity contribution in [3.8, 4) is 5.75 Å². The van der Waals surface area contributed by atoms with Crippen LogP contribution in [0.2, 0.25) is 0 Å². The molecule has 12 heteroatoms. The van der Waals surface area contributed by atoms with Crippen LogP contribution in [0.3, 0.4) is 0 Å². The van der Waals surface area contributed by atoms with Crippen molar-refractivity contribution in [2.75, 3.05) is 37.4 Å². The van der Waals surface area contributed by atoms with Crippen molar-refractivity contribution in [3.63, 3.8) is 0 Å². The minimum Gasteiger partial charge on any atom is -0.486 e. The van der Waals surface area contributed by atoms with Crippen LogP contribution in [0.5, 0.6) is 5.75 Å². The molecule has 4 rings (SSSR count). The number of hydrogen-bond donors (Lipinski definition) is 3. The number of aliphatic hydroxyl groups is 1. The van der Waals surface area contributed by atoms with E-state index < -0.39 is 45.8 Å². The fourth-order valence-corrected chi connectivity index (χ4v) is 5.69. The standard InChI is InChI=1S/C29H33FN4O6S/c1-19-16-34(20(2)18-35)28(36)24-10-7-11-25(32-29(37)31-22-8-5-4-6-9-22)27(24)40-26(19)17-33(3)41(38,39)23-14-12-21(30)13-15-23/h4-15,19-20,26,35H,16-18H2,1-3H3,(H2,31,32,37)/t19-,20-,26+/m0/s1. The molecular formula is C29H33FN4O6S. The summed E-state index contributed by atoms with van der Waals surface area (Å²) in [6.45, 7) is 3.32. The van der Waals surface area contributed by atoms with E-state index in [0.29, 0.717) is 5.69 Å². The van der Waals surface area contributed by atoms with E-state index in [9.17, 15) is 27.5 Å². The molecule has 3 aromatic carbocycles. The number of rotatable bonds is 8. The molecule has 0 aliphatic carbocycles. The van der Waals surface area contributed by atoms with Crippen LogP contribution < -0.4 is 15.4 Å². The molecule has 10 nitrogen and oxygen atoms in total. The summed E-state index contributed by atoms with van der Waals surface area (Å²) in [5.41, 5.74) is 0.927. The van der Waals surface area contributed by atoms with Crippen molar-refractivity contribution in [1.82, 2.24) is 9.21 Å². The molecule has 0 fully saturated rings. The van der Waals surface area contributed by atoms with Crippen LogP contribution in [0, 0.1) is 11.7 Å². The Balaban J connectivity index is 1.68. The van der Waals surface area contributed by atoms with E-state index in [0.717, 1.165) is 16.4 Å². The average molecular weight is 585 g/mol. The molecule has 0 saturated heterocycles. The molecule has 3 amide bonds. The quantitative estimate of drug-likeness (QED) is 0.367. The highest BCUT2D eigenvalue weighted by atomic mass is 32.2. The van der Waals surface area contributed by atoms with Gasteiger partial charge < -0.3 is 25.4 Å². The Morgan fingerprint density at radius 1 is 1.10 bits per heavy atom. The molecule has 0 bridgehead atoms. The molecule has 0 saturated carbocycles. The second kappa shape index (κ2) is 12.7. The number of hydrogen-bond acceptors (Lipinski definition) is 6. The van der Waals surface area contributed by atoms with Gasteiger partial charge >= 0.3 is 6.03 Å². The van der Waals surface area contributed by atoms with Crippen molar-refractivity contribution in [2.45, 2.75) is 30.9 Å². The number of sulfonamides is 1. The van der Waals surface area contributed by atoms with Crippen molar-refractivity contribution >= 4 is 33.3 Å². The molecular weight excluding hydrogens is 551 g/mol. The Kier molecular flexibility index (Phi) is 9.26. The van der Waals surface area contributed by atoms with Gasteiger partial charge in [0.05, 0.1) is 35.3 Å². The van der Waals surface area contributed by atoms with Crippen LogP contribution in [0.4, 0.5) is 20.6 Å². The lowest BCUT2D eigenvalue weighted by atomic mass is 9.99. The third kappa shape index (κ3) is 6.84. The smallest absolute Gasteiger partial charge is 0.323 e. The van der Waals surface area contributed by atoms with Gasteiger partial charge in [-0.1, -0.05) is 31.2 Å². The van der Waals surface area contributed by atoms with Gasteiger partial charge in [0, 0.05) is 25.2 Å². The van der Waals surface area contributed by atoms with Gasteiger partial charge in [0.25, 0.3) is 5.91 Å². The minimum atomic E-state index is -4.00. The normalized spacial score (nSPS) is 18.1. The lowest BCUT2D eigenvalue weighted by molar-refractivity contribution is 0.0389. The number of anilines is 2. The van der Waals surface area contributed by atoms with E-state index in [-0.39, 0.29) is 41.6 Å². The molecule has 1 aliphatic rings. The molecule has 1 heterocycles. The summed E-state index contributed by atoms with van der Waals surface area (Å²) in [7, 11) is -2.61. The van der Waals surface area contributed by atoms with Crippen molar-refractivity contribution in [1.29, 1.82) is 0 Å². The Morgan fingerprint density at radius 2 is 1.78 bits per heavy atom. The number of nitrogens with zero attached hydrogens (tertiary/aromatic N) is 2. The van der Waals surface area contributed by atoms with Crippen molar-refractivity contribution in [3.05, 3.63) is 84.2 Å². The summed E-state index contributed by atoms with van der Waals surface area (Å²) < 4.78 is 47.4. The fraction of sp³-hybridized carbons (Fsp3) is 0.310. The van der Waals surface area contributed by atoms with E-state index in [1.807, 2.05) is 13.0 Å². The van der Waals surface area contributed by atoms with E-state index in [2.05, 4.69) is 10.6 Å². The number of urea groups is 1. The number of ether oxygens (including phenoxy) is 1. The molecule has 0 spiro atoms. The molecule has 218 valence electrons. The first-order valence-electron chi connectivity index (χ1n) is 13.1. The average Bonchev–Trinajstić information content (AvgIpc) is 2.95. The maximum atomic E-state index is 13.6. The highest BCUT2D eigenvalue weighted by Gasteiger charge is 2.36. The first kappa shape index (κ1) is 30.0. The van der Waals surface area contributed by atoms with E-state index in [1.165, 1.54) is 24.1 Å². The maximum Gasteiger partial charge on any atom is 0.323 e. The molecule has 3 aromatic rings. The number of para-hydroxylation sites is 2. The van der Waals surface area contributed by atoms with Gasteiger partial charge in [-0.25, -0.2) is 17.6 Å². The Hall–Kier alpha value is -4.00. The molecule has 0 unspecified atom stereocenters. The fourth-order valence-electron chi connectivity index (χ4n) is 4.50. The monoisotopic (exact) mass is 584 g/mol. The number of nitrogens with one attached hydrogen (secondary N) is 2. The summed E-state index contributed by atoms with van der Waals surface area (Å²) in [5.74, 6) is -1.26. The summed E-state index contributed by atoms with van der Waals surface area (Å²) >= 11 is 0. The van der Waals surface area contributed by atoms with Crippen LogP contribution in [0.25, 0.3) is 0 Å². The third-order valence-electron chi connectivity index (χ3n) is 6.93. The number of aliphatic hydroxyl groups excluding tert-OH is 1. The number of halogens is 1. The summed E-state index contributed by atoms with van der Waals surface area (Å²) in [5, 5.41) is 15.3. The lowest BCUT2D eigenvalue weighted by Crippen LogP contribution is -2.50. The number of benzene rings is 3. The van der Waals surface area contributed by atoms with Gasteiger partial charge in [0.1, 0.15) is 11.9 Å². The molecule has 0 aromatic heterocycles. The summed E-state index contributed by atoms with van der Waals surface area (Å²) in [4.78, 5) is 27.9. The topological polar surface area (TPSA) is 128 Å². The van der Waals surface area contributed by atoms with Gasteiger partial charge in [-0.2, -0.15) is 4.31 Å². The molecule has 0 radical (unpaired) electrons. The van der Waals surface area contributed by atoms with Gasteiger partial charge in [-0.05, 0) is 55.5 Å². The largest absolute Gasteiger partial charge is 0.486 e. The van der Waals surface area contributed by atoms with Crippen molar-refractivity contribution in [2.24, 2.45) is 5.92 Å². The van der Waals surface area contributed by atoms with Crippen LogP contribution in [0.1, 0.15) is 24.2 Å². The second-order valence-electron chi connectivity index (χ2n) is 9.99. The Morgan fingerprint density at radius 3 is 2.44 bits per heavy atom. The zero-order valence-electron chi connectivity index (χ0n) is 23.0.